The van der Waals surface area contributed by atoms with Crippen molar-refractivity contribution in [2.24, 2.45) is 0 Å². The first kappa shape index (κ1) is 28.0. The van der Waals surface area contributed by atoms with Gasteiger partial charge in [0.1, 0.15) is 10.9 Å². The number of benzene rings is 2. The minimum absolute atomic E-state index is 0.0318. The van der Waals surface area contributed by atoms with Gasteiger partial charge in [-0.2, -0.15) is 0 Å². The van der Waals surface area contributed by atoms with Crippen LogP contribution in [-0.4, -0.2) is 54.0 Å². The van der Waals surface area contributed by atoms with Crippen LogP contribution in [0.1, 0.15) is 56.0 Å². The second-order valence-electron chi connectivity index (χ2n) is 8.73. The molecular weight excluding hydrogens is 525 g/mol. The Morgan fingerprint density at radius 3 is 2.44 bits per heavy atom. The third-order valence-electron chi connectivity index (χ3n) is 6.19. The first-order valence-electron chi connectivity index (χ1n) is 11.7. The summed E-state index contributed by atoms with van der Waals surface area (Å²) in [5.74, 6) is -1.28. The van der Waals surface area contributed by atoms with Crippen molar-refractivity contribution in [1.29, 1.82) is 0 Å². The second-order valence-corrected chi connectivity index (χ2v) is 11.4. The molecular formula is C25H29Cl2N3O5S. The first-order valence-corrected chi connectivity index (χ1v) is 13.9. The van der Waals surface area contributed by atoms with Crippen molar-refractivity contribution in [3.8, 4) is 0 Å². The topological polar surface area (TPSA) is 104 Å². The predicted octanol–water partition coefficient (Wildman–Crippen LogP) is 4.25. The van der Waals surface area contributed by atoms with Gasteiger partial charge in [-0.25, -0.2) is 12.7 Å². The van der Waals surface area contributed by atoms with Crippen LogP contribution < -0.4 is 5.32 Å². The second kappa shape index (κ2) is 11.6. The Hall–Kier alpha value is -2.62. The maximum Gasteiger partial charge on any atom is 0.269 e. The van der Waals surface area contributed by atoms with Gasteiger partial charge in [-0.05, 0) is 56.5 Å². The van der Waals surface area contributed by atoms with Crippen molar-refractivity contribution in [2.45, 2.75) is 63.6 Å². The van der Waals surface area contributed by atoms with E-state index in [1.807, 2.05) is 13.8 Å². The zero-order valence-electron chi connectivity index (χ0n) is 20.3. The summed E-state index contributed by atoms with van der Waals surface area (Å²) in [6, 6.07) is 10.1. The van der Waals surface area contributed by atoms with Crippen molar-refractivity contribution >= 4 is 50.9 Å². The van der Waals surface area contributed by atoms with E-state index >= 15 is 0 Å². The Morgan fingerprint density at radius 1 is 1.11 bits per heavy atom. The summed E-state index contributed by atoms with van der Waals surface area (Å²) in [6.45, 7) is 5.36. The number of hydrogen-bond acceptors (Lipinski definition) is 5. The largest absolute Gasteiger partial charge is 0.352 e. The van der Waals surface area contributed by atoms with Gasteiger partial charge in [-0.3, -0.25) is 14.4 Å². The van der Waals surface area contributed by atoms with Gasteiger partial charge in [-0.1, -0.05) is 48.3 Å². The summed E-state index contributed by atoms with van der Waals surface area (Å²) in [7, 11) is -3.95. The van der Waals surface area contributed by atoms with E-state index < -0.39 is 22.0 Å². The number of halogens is 2. The molecule has 0 saturated carbocycles. The van der Waals surface area contributed by atoms with Crippen LogP contribution in [0.2, 0.25) is 10.0 Å². The Morgan fingerprint density at radius 2 is 1.81 bits per heavy atom. The van der Waals surface area contributed by atoms with Gasteiger partial charge in [0.05, 0.1) is 5.56 Å². The van der Waals surface area contributed by atoms with Crippen LogP contribution >= 0.6 is 23.2 Å². The van der Waals surface area contributed by atoms with E-state index in [1.54, 1.807) is 37.3 Å². The lowest BCUT2D eigenvalue weighted by molar-refractivity contribution is -0.141. The van der Waals surface area contributed by atoms with Gasteiger partial charge < -0.3 is 10.2 Å². The van der Waals surface area contributed by atoms with Gasteiger partial charge in [0.15, 0.2) is 0 Å². The van der Waals surface area contributed by atoms with E-state index in [4.69, 9.17) is 23.2 Å². The SMILES string of the molecule is CC[C@H](C)NC(=O)[C@H](C)N(Cc1ccc(Cl)cc1Cl)C(=O)CCCN1C(=O)c2ccccc2S1(=O)=O. The molecule has 2 aromatic carbocycles. The average molecular weight is 554 g/mol. The molecule has 36 heavy (non-hydrogen) atoms. The minimum atomic E-state index is -3.95. The molecule has 1 heterocycles. The molecule has 0 bridgehead atoms. The standard InChI is InChI=1S/C25H29Cl2N3O5S/c1-4-16(2)28-24(32)17(3)29(15-18-11-12-19(26)14-21(18)27)23(31)10-7-13-30-25(33)20-8-5-6-9-22(20)36(30,34)35/h5-6,8-9,11-12,14,16-17H,4,7,10,13,15H2,1-3H3,(H,28,32)/t16-,17-/m0/s1. The number of rotatable bonds is 10. The lowest BCUT2D eigenvalue weighted by atomic mass is 10.1. The molecule has 3 amide bonds. The molecule has 0 fully saturated rings. The molecule has 2 atom stereocenters. The van der Waals surface area contributed by atoms with Gasteiger partial charge >= 0.3 is 0 Å². The smallest absolute Gasteiger partial charge is 0.269 e. The van der Waals surface area contributed by atoms with Gasteiger partial charge in [-0.15, -0.1) is 0 Å². The molecule has 8 nitrogen and oxygen atoms in total. The van der Waals surface area contributed by atoms with Crippen molar-refractivity contribution in [2.75, 3.05) is 6.54 Å². The monoisotopic (exact) mass is 553 g/mol. The molecule has 194 valence electrons. The Bertz CT molecular complexity index is 1270. The highest BCUT2D eigenvalue weighted by molar-refractivity contribution is 7.90. The maximum atomic E-state index is 13.3. The fourth-order valence-electron chi connectivity index (χ4n) is 3.85. The van der Waals surface area contributed by atoms with Gasteiger partial charge in [0.25, 0.3) is 15.9 Å². The van der Waals surface area contributed by atoms with Crippen LogP contribution in [0.5, 0.6) is 0 Å². The molecule has 1 aliphatic heterocycles. The zero-order chi connectivity index (χ0) is 26.6. The third kappa shape index (κ3) is 6.02. The first-order chi connectivity index (χ1) is 17.0. The summed E-state index contributed by atoms with van der Waals surface area (Å²) < 4.78 is 26.3. The summed E-state index contributed by atoms with van der Waals surface area (Å²) in [4.78, 5) is 40.1. The van der Waals surface area contributed by atoms with E-state index in [-0.39, 0.29) is 54.2 Å². The van der Waals surface area contributed by atoms with Crippen molar-refractivity contribution in [3.05, 3.63) is 63.6 Å². The minimum Gasteiger partial charge on any atom is -0.352 e. The highest BCUT2D eigenvalue weighted by Gasteiger charge is 2.40. The number of nitrogens with zero attached hydrogens (tertiary/aromatic N) is 2. The third-order valence-corrected chi connectivity index (χ3v) is 8.62. The molecule has 0 aromatic heterocycles. The van der Waals surface area contributed by atoms with E-state index in [2.05, 4.69) is 5.32 Å². The molecule has 0 unspecified atom stereocenters. The van der Waals surface area contributed by atoms with Gasteiger partial charge in [0, 0.05) is 35.6 Å². The van der Waals surface area contributed by atoms with Crippen LogP contribution in [-0.2, 0) is 26.2 Å². The number of fused-ring (bicyclic) bond motifs is 1. The number of hydrogen-bond donors (Lipinski definition) is 1. The Kier molecular flexibility index (Phi) is 9.03. The average Bonchev–Trinajstić information content (AvgIpc) is 3.03. The highest BCUT2D eigenvalue weighted by Crippen LogP contribution is 2.30. The Labute approximate surface area is 221 Å². The molecule has 0 saturated heterocycles. The number of amides is 3. The quantitative estimate of drug-likeness (QED) is 0.473. The lowest BCUT2D eigenvalue weighted by Gasteiger charge is -2.30. The fraction of sp³-hybridized carbons (Fsp3) is 0.400. The summed E-state index contributed by atoms with van der Waals surface area (Å²) in [5.41, 5.74) is 0.739. The molecule has 0 spiro atoms. The van der Waals surface area contributed by atoms with E-state index in [0.717, 1.165) is 10.7 Å². The fourth-order valence-corrected chi connectivity index (χ4v) is 5.93. The van der Waals surface area contributed by atoms with Crippen molar-refractivity contribution in [1.82, 2.24) is 14.5 Å². The van der Waals surface area contributed by atoms with Crippen molar-refractivity contribution in [3.63, 3.8) is 0 Å². The summed E-state index contributed by atoms with van der Waals surface area (Å²) in [5, 5.41) is 3.69. The van der Waals surface area contributed by atoms with E-state index in [0.29, 0.717) is 15.6 Å². The maximum absolute atomic E-state index is 13.3. The van der Waals surface area contributed by atoms with E-state index in [1.165, 1.54) is 17.0 Å². The van der Waals surface area contributed by atoms with Crippen molar-refractivity contribution < 1.29 is 22.8 Å². The Balaban J connectivity index is 1.74. The molecule has 2 aromatic rings. The summed E-state index contributed by atoms with van der Waals surface area (Å²) in [6.07, 6.45) is 0.764. The number of sulfonamides is 1. The van der Waals surface area contributed by atoms with Crippen LogP contribution in [0, 0.1) is 0 Å². The highest BCUT2D eigenvalue weighted by atomic mass is 35.5. The van der Waals surface area contributed by atoms with Crippen LogP contribution in [0.15, 0.2) is 47.4 Å². The molecule has 0 radical (unpaired) electrons. The number of carbonyl (C=O) groups excluding carboxylic acids is 3. The lowest BCUT2D eigenvalue weighted by Crippen LogP contribution is -2.49. The summed E-state index contributed by atoms with van der Waals surface area (Å²) >= 11 is 12.3. The van der Waals surface area contributed by atoms with Gasteiger partial charge in [0.2, 0.25) is 11.8 Å². The molecule has 0 aliphatic carbocycles. The number of carbonyl (C=O) groups is 3. The van der Waals surface area contributed by atoms with Crippen LogP contribution in [0.25, 0.3) is 0 Å². The normalized spacial score (nSPS) is 15.8. The van der Waals surface area contributed by atoms with Crippen LogP contribution in [0.4, 0.5) is 0 Å². The molecule has 1 aliphatic rings. The molecule has 1 N–H and O–H groups in total. The van der Waals surface area contributed by atoms with E-state index in [9.17, 15) is 22.8 Å². The molecule has 11 heteroatoms. The zero-order valence-corrected chi connectivity index (χ0v) is 22.7. The van der Waals surface area contributed by atoms with Crippen LogP contribution in [0.3, 0.4) is 0 Å². The number of nitrogens with one attached hydrogen (secondary N) is 1. The predicted molar refractivity (Wildman–Crippen MR) is 138 cm³/mol. The molecule has 3 rings (SSSR count).